The second-order valence-electron chi connectivity index (χ2n) is 3.63. The molecule has 2 atom stereocenters. The van der Waals surface area contributed by atoms with Gasteiger partial charge in [-0.25, -0.2) is 0 Å². The van der Waals surface area contributed by atoms with Crippen LogP contribution in [0.4, 0.5) is 0 Å². The molecule has 0 amide bonds. The van der Waals surface area contributed by atoms with E-state index in [1.807, 2.05) is 0 Å². The van der Waals surface area contributed by atoms with Crippen LogP contribution in [0.3, 0.4) is 0 Å². The third-order valence-electron chi connectivity index (χ3n) is 1.82. The lowest BCUT2D eigenvalue weighted by Gasteiger charge is -2.24. The predicted molar refractivity (Wildman–Crippen MR) is 32.3 cm³/mol. The fraction of sp³-hybridized carbons (Fsp3) is 1.00. The molecule has 2 nitrogen and oxygen atoms in total. The van der Waals surface area contributed by atoms with Gasteiger partial charge in [-0.3, -0.25) is 10.2 Å². The summed E-state index contributed by atoms with van der Waals surface area (Å²) >= 11 is 0. The van der Waals surface area contributed by atoms with Crippen LogP contribution in [0.25, 0.3) is 0 Å². The number of fused-ring (bicyclic) bond motifs is 1. The molecule has 0 aliphatic carbocycles. The predicted octanol–water partition coefficient (Wildman–Crippen LogP) is 0.356. The van der Waals surface area contributed by atoms with Crippen molar-refractivity contribution in [1.29, 1.82) is 0 Å². The summed E-state index contributed by atoms with van der Waals surface area (Å²) in [5.74, 6) is 0. The molecule has 0 aromatic carbocycles. The Labute approximate surface area is 49.9 Å². The van der Waals surface area contributed by atoms with Crippen molar-refractivity contribution in [3.8, 4) is 0 Å². The summed E-state index contributed by atoms with van der Waals surface area (Å²) in [5.41, 5.74) is 0.403. The van der Waals surface area contributed by atoms with Crippen LogP contribution < -0.4 is 5.32 Å². The first kappa shape index (κ1) is 4.77. The van der Waals surface area contributed by atoms with Crippen LogP contribution in [-0.4, -0.2) is 22.8 Å². The summed E-state index contributed by atoms with van der Waals surface area (Å²) in [6.45, 7) is 6.75. The molecule has 8 heavy (non-hydrogen) atoms. The van der Waals surface area contributed by atoms with Gasteiger partial charge >= 0.3 is 0 Å². The van der Waals surface area contributed by atoms with E-state index in [-0.39, 0.29) is 0 Å². The second kappa shape index (κ2) is 0.957. The molecule has 1 N–H and O–H groups in total. The molecule has 0 spiro atoms. The molecule has 2 aliphatic rings. The van der Waals surface area contributed by atoms with Crippen LogP contribution >= 0.6 is 0 Å². The zero-order valence-electron chi connectivity index (χ0n) is 5.60. The van der Waals surface area contributed by atoms with E-state index in [0.717, 1.165) is 12.3 Å². The van der Waals surface area contributed by atoms with Crippen LogP contribution in [-0.2, 0) is 0 Å². The highest BCUT2D eigenvalue weighted by molar-refractivity contribution is 5.18. The van der Waals surface area contributed by atoms with Gasteiger partial charge in [0.2, 0.25) is 0 Å². The fourth-order valence-electron chi connectivity index (χ4n) is 1.26. The van der Waals surface area contributed by atoms with Gasteiger partial charge in [0.05, 0.1) is 12.3 Å². The normalized spacial score (nSPS) is 50.6. The van der Waals surface area contributed by atoms with E-state index >= 15 is 0 Å². The summed E-state index contributed by atoms with van der Waals surface area (Å²) in [4.78, 5) is 2.47. The highest BCUT2D eigenvalue weighted by atomic mass is 15.7. The fourth-order valence-corrected chi connectivity index (χ4v) is 1.26. The van der Waals surface area contributed by atoms with Crippen molar-refractivity contribution in [3.05, 3.63) is 0 Å². The van der Waals surface area contributed by atoms with E-state index in [4.69, 9.17) is 0 Å². The molecule has 2 unspecified atom stereocenters. The monoisotopic (exact) mass is 112 g/mol. The molecule has 0 saturated carbocycles. The Balaban J connectivity index is 2.00. The highest BCUT2D eigenvalue weighted by Gasteiger charge is 2.66. The molecule has 2 saturated heterocycles. The van der Waals surface area contributed by atoms with E-state index < -0.39 is 0 Å². The lowest BCUT2D eigenvalue weighted by Crippen LogP contribution is -2.37. The molecular weight excluding hydrogens is 100 g/mol. The molecule has 0 bridgehead atoms. The first-order valence-electron chi connectivity index (χ1n) is 3.15. The van der Waals surface area contributed by atoms with Crippen molar-refractivity contribution < 1.29 is 0 Å². The van der Waals surface area contributed by atoms with Crippen LogP contribution in [0.5, 0.6) is 0 Å². The molecule has 46 valence electrons. The summed E-state index contributed by atoms with van der Waals surface area (Å²) in [6, 6.07) is 0. The third kappa shape index (κ3) is 0.446. The lowest BCUT2D eigenvalue weighted by molar-refractivity contribution is 0.213. The standard InChI is InChI=1S/C6H12N2/c1-6(2,3)8-4-5(8)7-4/h4-5,7H,1-3H3. The minimum Gasteiger partial charge on any atom is -0.281 e. The first-order chi connectivity index (χ1) is 3.61. The van der Waals surface area contributed by atoms with Gasteiger partial charge < -0.3 is 0 Å². The number of nitrogens with one attached hydrogen (secondary N) is 1. The maximum atomic E-state index is 3.28. The second-order valence-corrected chi connectivity index (χ2v) is 3.63. The molecule has 2 heteroatoms. The molecule has 0 aromatic heterocycles. The topological polar surface area (TPSA) is 25.0 Å². The Morgan fingerprint density at radius 3 is 1.75 bits per heavy atom. The SMILES string of the molecule is CC(C)(C)N1C2NC21. The Bertz CT molecular complexity index is 117. The van der Waals surface area contributed by atoms with Crippen molar-refractivity contribution in [2.75, 3.05) is 0 Å². The minimum atomic E-state index is 0.403. The number of nitrogens with zero attached hydrogens (tertiary/aromatic N) is 1. The third-order valence-corrected chi connectivity index (χ3v) is 1.82. The number of rotatable bonds is 0. The van der Waals surface area contributed by atoms with E-state index in [1.54, 1.807) is 0 Å². The van der Waals surface area contributed by atoms with Crippen molar-refractivity contribution >= 4 is 0 Å². The van der Waals surface area contributed by atoms with Gasteiger partial charge in [-0.2, -0.15) is 0 Å². The van der Waals surface area contributed by atoms with Crippen molar-refractivity contribution in [2.24, 2.45) is 0 Å². The van der Waals surface area contributed by atoms with Gasteiger partial charge in [0.15, 0.2) is 0 Å². The van der Waals surface area contributed by atoms with E-state index in [9.17, 15) is 0 Å². The maximum Gasteiger partial charge on any atom is 0.0925 e. The maximum absolute atomic E-state index is 3.28. The Morgan fingerprint density at radius 1 is 1.25 bits per heavy atom. The zero-order chi connectivity index (χ0) is 5.94. The summed E-state index contributed by atoms with van der Waals surface area (Å²) < 4.78 is 0. The number of hydrogen-bond donors (Lipinski definition) is 1. The summed E-state index contributed by atoms with van der Waals surface area (Å²) in [7, 11) is 0. The summed E-state index contributed by atoms with van der Waals surface area (Å²) in [5, 5.41) is 3.28. The average molecular weight is 112 g/mol. The smallest absolute Gasteiger partial charge is 0.0925 e. The van der Waals surface area contributed by atoms with E-state index in [1.165, 1.54) is 0 Å². The zero-order valence-corrected chi connectivity index (χ0v) is 5.60. The molecule has 2 heterocycles. The lowest BCUT2D eigenvalue weighted by atomic mass is 10.1. The van der Waals surface area contributed by atoms with Gasteiger partial charge in [-0.1, -0.05) is 0 Å². The Kier molecular flexibility index (Phi) is 0.570. The van der Waals surface area contributed by atoms with Gasteiger partial charge in [0, 0.05) is 5.54 Å². The molecule has 2 fully saturated rings. The number of hydrogen-bond acceptors (Lipinski definition) is 2. The van der Waals surface area contributed by atoms with Crippen LogP contribution in [0, 0.1) is 0 Å². The van der Waals surface area contributed by atoms with Gasteiger partial charge in [-0.15, -0.1) is 0 Å². The van der Waals surface area contributed by atoms with Crippen LogP contribution in [0.15, 0.2) is 0 Å². The molecule has 0 aromatic rings. The largest absolute Gasteiger partial charge is 0.281 e. The Hall–Kier alpha value is -0.0800. The van der Waals surface area contributed by atoms with Crippen LogP contribution in [0.2, 0.25) is 0 Å². The quantitative estimate of drug-likeness (QED) is 0.457. The van der Waals surface area contributed by atoms with Gasteiger partial charge in [-0.05, 0) is 20.8 Å². The summed E-state index contributed by atoms with van der Waals surface area (Å²) in [6.07, 6.45) is 1.52. The minimum absolute atomic E-state index is 0.403. The first-order valence-corrected chi connectivity index (χ1v) is 3.15. The molecule has 2 rings (SSSR count). The molecule has 0 radical (unpaired) electrons. The molecular formula is C6H12N2. The Morgan fingerprint density at radius 2 is 1.75 bits per heavy atom. The van der Waals surface area contributed by atoms with Gasteiger partial charge in [0.25, 0.3) is 0 Å². The van der Waals surface area contributed by atoms with E-state index in [2.05, 4.69) is 31.0 Å². The van der Waals surface area contributed by atoms with Crippen molar-refractivity contribution in [2.45, 2.75) is 38.6 Å². The van der Waals surface area contributed by atoms with Crippen molar-refractivity contribution in [1.82, 2.24) is 10.2 Å². The highest BCUT2D eigenvalue weighted by Crippen LogP contribution is 2.44. The van der Waals surface area contributed by atoms with Crippen LogP contribution in [0.1, 0.15) is 20.8 Å². The van der Waals surface area contributed by atoms with Gasteiger partial charge in [0.1, 0.15) is 0 Å². The van der Waals surface area contributed by atoms with E-state index in [0.29, 0.717) is 5.54 Å². The van der Waals surface area contributed by atoms with Crippen molar-refractivity contribution in [3.63, 3.8) is 0 Å². The molecule has 2 aliphatic heterocycles. The average Bonchev–Trinajstić information content (AvgIpc) is 1.94.